The molecule has 2 aromatic carbocycles. The lowest BCUT2D eigenvalue weighted by molar-refractivity contribution is 0.0937. The molecule has 1 amide bonds. The zero-order chi connectivity index (χ0) is 17.2. The van der Waals surface area contributed by atoms with Crippen LogP contribution in [-0.2, 0) is 6.42 Å². The number of nitrogens with zero attached hydrogens (tertiary/aromatic N) is 1. The number of carbonyl (C=O) groups is 1. The van der Waals surface area contributed by atoms with Gasteiger partial charge >= 0.3 is 0 Å². The molecule has 0 aliphatic carbocycles. The van der Waals surface area contributed by atoms with Gasteiger partial charge in [-0.3, -0.25) is 4.79 Å². The highest BCUT2D eigenvalue weighted by atomic mass is 32.1. The molecule has 1 atom stereocenters. The first kappa shape index (κ1) is 15.8. The fraction of sp³-hybridized carbons (Fsp3) is 0.200. The summed E-state index contributed by atoms with van der Waals surface area (Å²) in [6.07, 6.45) is 0.816. The zero-order valence-electron chi connectivity index (χ0n) is 13.9. The number of aromatic nitrogens is 1. The third-order valence-corrected chi connectivity index (χ3v) is 5.43. The van der Waals surface area contributed by atoms with E-state index in [9.17, 15) is 4.79 Å². The first-order valence-electron chi connectivity index (χ1n) is 8.26. The number of para-hydroxylation sites is 1. The Hall–Kier alpha value is -2.66. The Kier molecular flexibility index (Phi) is 4.24. The number of amides is 1. The molecule has 1 aromatic heterocycles. The number of hydrogen-bond acceptors (Lipinski definition) is 4. The van der Waals surface area contributed by atoms with Crippen LogP contribution in [0.3, 0.4) is 0 Å². The highest BCUT2D eigenvalue weighted by molar-refractivity contribution is 7.17. The summed E-state index contributed by atoms with van der Waals surface area (Å²) in [5, 5.41) is 3.86. The fourth-order valence-electron chi connectivity index (χ4n) is 2.97. The molecule has 25 heavy (non-hydrogen) atoms. The van der Waals surface area contributed by atoms with Gasteiger partial charge in [-0.1, -0.05) is 48.5 Å². The second-order valence-electron chi connectivity index (χ2n) is 6.06. The molecular formula is C20H18N2O2S. The number of benzene rings is 2. The van der Waals surface area contributed by atoms with Gasteiger partial charge in [0.25, 0.3) is 5.91 Å². The number of aryl methyl sites for hydroxylation is 1. The molecule has 1 unspecified atom stereocenters. The summed E-state index contributed by atoms with van der Waals surface area (Å²) in [4.78, 5) is 17.7. The van der Waals surface area contributed by atoms with Crippen molar-refractivity contribution in [3.63, 3.8) is 0 Å². The normalized spacial score (nSPS) is 15.5. The van der Waals surface area contributed by atoms with Crippen LogP contribution in [0.4, 0.5) is 0 Å². The third-order valence-electron chi connectivity index (χ3n) is 4.23. The Morgan fingerprint density at radius 1 is 1.20 bits per heavy atom. The monoisotopic (exact) mass is 350 g/mol. The van der Waals surface area contributed by atoms with Crippen molar-refractivity contribution in [2.24, 2.45) is 0 Å². The lowest BCUT2D eigenvalue weighted by Crippen LogP contribution is -2.34. The average Bonchev–Trinajstić information content (AvgIpc) is 3.23. The van der Waals surface area contributed by atoms with Crippen LogP contribution in [0.1, 0.15) is 20.9 Å². The summed E-state index contributed by atoms with van der Waals surface area (Å²) in [7, 11) is 0. The van der Waals surface area contributed by atoms with E-state index in [1.807, 2.05) is 55.5 Å². The van der Waals surface area contributed by atoms with E-state index in [1.54, 1.807) is 0 Å². The van der Waals surface area contributed by atoms with Crippen molar-refractivity contribution in [3.05, 3.63) is 70.7 Å². The SMILES string of the molecule is Cc1nc(-c2ccccc2)sc1C(=O)NCC1Cc2ccccc2O1. The average molecular weight is 350 g/mol. The molecule has 0 saturated carbocycles. The molecule has 0 bridgehead atoms. The smallest absolute Gasteiger partial charge is 0.263 e. The van der Waals surface area contributed by atoms with Crippen molar-refractivity contribution in [1.82, 2.24) is 10.3 Å². The van der Waals surface area contributed by atoms with E-state index in [1.165, 1.54) is 16.9 Å². The van der Waals surface area contributed by atoms with Gasteiger partial charge in [-0.25, -0.2) is 4.98 Å². The molecule has 3 aromatic rings. The fourth-order valence-corrected chi connectivity index (χ4v) is 3.95. The summed E-state index contributed by atoms with van der Waals surface area (Å²) in [6, 6.07) is 17.9. The van der Waals surface area contributed by atoms with Crippen LogP contribution < -0.4 is 10.1 Å². The van der Waals surface area contributed by atoms with Crippen molar-refractivity contribution in [2.45, 2.75) is 19.4 Å². The minimum absolute atomic E-state index is 0.0110. The maximum absolute atomic E-state index is 12.5. The summed E-state index contributed by atoms with van der Waals surface area (Å²) < 4.78 is 5.87. The van der Waals surface area contributed by atoms with E-state index in [4.69, 9.17) is 4.74 Å². The molecule has 0 radical (unpaired) electrons. The molecule has 1 aliphatic rings. The minimum atomic E-state index is -0.0864. The highest BCUT2D eigenvalue weighted by Crippen LogP contribution is 2.29. The van der Waals surface area contributed by atoms with Gasteiger partial charge < -0.3 is 10.1 Å². The van der Waals surface area contributed by atoms with Crippen LogP contribution in [0.25, 0.3) is 10.6 Å². The van der Waals surface area contributed by atoms with Crippen molar-refractivity contribution < 1.29 is 9.53 Å². The number of fused-ring (bicyclic) bond motifs is 1. The van der Waals surface area contributed by atoms with Crippen LogP contribution in [0.5, 0.6) is 5.75 Å². The quantitative estimate of drug-likeness (QED) is 0.777. The summed E-state index contributed by atoms with van der Waals surface area (Å²) in [5.41, 5.74) is 2.99. The van der Waals surface area contributed by atoms with Crippen LogP contribution in [0, 0.1) is 6.92 Å². The number of nitrogens with one attached hydrogen (secondary N) is 1. The number of carbonyl (C=O) groups excluding carboxylic acids is 1. The van der Waals surface area contributed by atoms with Crippen LogP contribution in [-0.4, -0.2) is 23.5 Å². The number of ether oxygens (including phenoxy) is 1. The molecule has 0 fully saturated rings. The highest BCUT2D eigenvalue weighted by Gasteiger charge is 2.24. The predicted octanol–water partition coefficient (Wildman–Crippen LogP) is 3.85. The minimum Gasteiger partial charge on any atom is -0.488 e. The molecule has 1 aliphatic heterocycles. The van der Waals surface area contributed by atoms with Crippen LogP contribution in [0.15, 0.2) is 54.6 Å². The second kappa shape index (κ2) is 6.69. The van der Waals surface area contributed by atoms with E-state index in [2.05, 4.69) is 16.4 Å². The number of thiazole rings is 1. The van der Waals surface area contributed by atoms with Crippen LogP contribution >= 0.6 is 11.3 Å². The first-order valence-corrected chi connectivity index (χ1v) is 9.08. The molecule has 126 valence electrons. The zero-order valence-corrected chi connectivity index (χ0v) is 14.7. The Morgan fingerprint density at radius 3 is 2.76 bits per heavy atom. The predicted molar refractivity (Wildman–Crippen MR) is 99.2 cm³/mol. The van der Waals surface area contributed by atoms with Crippen molar-refractivity contribution in [1.29, 1.82) is 0 Å². The molecule has 1 N–H and O–H groups in total. The lowest BCUT2D eigenvalue weighted by Gasteiger charge is -2.11. The van der Waals surface area contributed by atoms with Gasteiger partial charge in [0, 0.05) is 12.0 Å². The van der Waals surface area contributed by atoms with Crippen LogP contribution in [0.2, 0.25) is 0 Å². The lowest BCUT2D eigenvalue weighted by atomic mass is 10.1. The Labute approximate surface area is 150 Å². The Bertz CT molecular complexity index is 880. The molecule has 4 nitrogen and oxygen atoms in total. The van der Waals surface area contributed by atoms with E-state index in [0.717, 1.165) is 28.4 Å². The first-order chi connectivity index (χ1) is 12.2. The maximum Gasteiger partial charge on any atom is 0.263 e. The standard InChI is InChI=1S/C20H18N2O2S/c1-13-18(25-20(22-13)14-7-3-2-4-8-14)19(23)21-12-16-11-15-9-5-6-10-17(15)24-16/h2-10,16H,11-12H2,1H3,(H,21,23). The van der Waals surface area contributed by atoms with Gasteiger partial charge in [0.15, 0.2) is 0 Å². The summed E-state index contributed by atoms with van der Waals surface area (Å²) >= 11 is 1.43. The second-order valence-corrected chi connectivity index (χ2v) is 7.06. The van der Waals surface area contributed by atoms with E-state index in [0.29, 0.717) is 11.4 Å². The molecular weight excluding hydrogens is 332 g/mol. The third kappa shape index (κ3) is 3.28. The van der Waals surface area contributed by atoms with Gasteiger partial charge in [-0.05, 0) is 18.6 Å². The van der Waals surface area contributed by atoms with E-state index >= 15 is 0 Å². The van der Waals surface area contributed by atoms with Gasteiger partial charge in [0.2, 0.25) is 0 Å². The molecule has 2 heterocycles. The number of hydrogen-bond donors (Lipinski definition) is 1. The molecule has 0 spiro atoms. The van der Waals surface area contributed by atoms with E-state index < -0.39 is 0 Å². The Balaban J connectivity index is 1.42. The molecule has 4 rings (SSSR count). The summed E-state index contributed by atoms with van der Waals surface area (Å²) in [6.45, 7) is 2.37. The molecule has 0 saturated heterocycles. The topological polar surface area (TPSA) is 51.2 Å². The van der Waals surface area contributed by atoms with Gasteiger partial charge in [-0.15, -0.1) is 11.3 Å². The van der Waals surface area contributed by atoms with E-state index in [-0.39, 0.29) is 12.0 Å². The van der Waals surface area contributed by atoms with Gasteiger partial charge in [-0.2, -0.15) is 0 Å². The van der Waals surface area contributed by atoms with Crippen molar-refractivity contribution >= 4 is 17.2 Å². The molecule has 5 heteroatoms. The van der Waals surface area contributed by atoms with Gasteiger partial charge in [0.1, 0.15) is 21.7 Å². The number of rotatable bonds is 4. The van der Waals surface area contributed by atoms with Crippen molar-refractivity contribution in [3.8, 4) is 16.3 Å². The largest absolute Gasteiger partial charge is 0.488 e. The van der Waals surface area contributed by atoms with Crippen molar-refractivity contribution in [2.75, 3.05) is 6.54 Å². The Morgan fingerprint density at radius 2 is 1.96 bits per heavy atom. The maximum atomic E-state index is 12.5. The van der Waals surface area contributed by atoms with Gasteiger partial charge in [0.05, 0.1) is 12.2 Å². The summed E-state index contributed by atoms with van der Waals surface area (Å²) in [5.74, 6) is 0.832.